The van der Waals surface area contributed by atoms with E-state index < -0.39 is 0 Å². The zero-order valence-electron chi connectivity index (χ0n) is 16.4. The predicted octanol–water partition coefficient (Wildman–Crippen LogP) is 4.90. The minimum absolute atomic E-state index is 0.0736. The van der Waals surface area contributed by atoms with Crippen LogP contribution in [0.2, 0.25) is 0 Å². The molecule has 0 atom stereocenters. The number of methoxy groups -OCH3 is 1. The van der Waals surface area contributed by atoms with Crippen LogP contribution in [-0.2, 0) is 9.59 Å². The van der Waals surface area contributed by atoms with Gasteiger partial charge < -0.3 is 15.4 Å². The van der Waals surface area contributed by atoms with E-state index in [4.69, 9.17) is 4.74 Å². The number of benzene rings is 2. The van der Waals surface area contributed by atoms with Gasteiger partial charge in [0, 0.05) is 27.4 Å². The van der Waals surface area contributed by atoms with Crippen LogP contribution in [0, 0.1) is 5.92 Å². The van der Waals surface area contributed by atoms with Gasteiger partial charge in [-0.15, -0.1) is 23.1 Å². The fraction of sp³-hybridized carbons (Fsp3) is 0.227. The third kappa shape index (κ3) is 5.20. The highest BCUT2D eigenvalue weighted by molar-refractivity contribution is 8.00. The minimum Gasteiger partial charge on any atom is -0.496 e. The second-order valence-corrected chi connectivity index (χ2v) is 8.77. The molecule has 0 unspecified atom stereocenters. The standard InChI is InChI=1S/C22H21N3O3S2/c1-28-19-8-3-2-7-17(19)18-12-30-22(24-18)25-20(26)13-29-16-6-4-5-15(11-16)23-21(27)14-9-10-14/h2-8,11-12,14H,9-10,13H2,1H3,(H,23,27)(H,24,25,26). The molecule has 30 heavy (non-hydrogen) atoms. The van der Waals surface area contributed by atoms with Gasteiger partial charge >= 0.3 is 0 Å². The quantitative estimate of drug-likeness (QED) is 0.488. The number of aromatic nitrogens is 1. The van der Waals surface area contributed by atoms with Crippen LogP contribution in [0.1, 0.15) is 12.8 Å². The van der Waals surface area contributed by atoms with Gasteiger partial charge in [-0.1, -0.05) is 18.2 Å². The minimum atomic E-state index is -0.131. The summed E-state index contributed by atoms with van der Waals surface area (Å²) in [4.78, 5) is 29.7. The number of ether oxygens (including phenoxy) is 1. The molecule has 4 rings (SSSR count). The van der Waals surface area contributed by atoms with E-state index in [0.717, 1.165) is 40.4 Å². The average Bonchev–Trinajstić information content (AvgIpc) is 3.52. The van der Waals surface area contributed by atoms with E-state index in [-0.39, 0.29) is 23.5 Å². The molecule has 1 fully saturated rings. The summed E-state index contributed by atoms with van der Waals surface area (Å²) < 4.78 is 5.38. The lowest BCUT2D eigenvalue weighted by atomic mass is 10.1. The fourth-order valence-electron chi connectivity index (χ4n) is 2.87. The number of carbonyl (C=O) groups excluding carboxylic acids is 2. The molecular weight excluding hydrogens is 418 g/mol. The number of rotatable bonds is 8. The lowest BCUT2D eigenvalue weighted by molar-refractivity contribution is -0.117. The second kappa shape index (κ2) is 9.32. The Kier molecular flexibility index (Phi) is 6.35. The highest BCUT2D eigenvalue weighted by Crippen LogP contribution is 2.32. The van der Waals surface area contributed by atoms with E-state index in [9.17, 15) is 9.59 Å². The van der Waals surface area contributed by atoms with Crippen molar-refractivity contribution in [3.05, 3.63) is 53.9 Å². The van der Waals surface area contributed by atoms with Crippen molar-refractivity contribution in [3.8, 4) is 17.0 Å². The molecule has 0 bridgehead atoms. The van der Waals surface area contributed by atoms with Crippen LogP contribution in [0.3, 0.4) is 0 Å². The molecule has 1 aromatic heterocycles. The van der Waals surface area contributed by atoms with Crippen LogP contribution in [0.5, 0.6) is 5.75 Å². The first kappa shape index (κ1) is 20.4. The van der Waals surface area contributed by atoms with E-state index >= 15 is 0 Å². The molecule has 2 N–H and O–H groups in total. The molecule has 1 heterocycles. The Labute approximate surface area is 183 Å². The molecule has 3 aromatic rings. The first-order chi connectivity index (χ1) is 14.6. The summed E-state index contributed by atoms with van der Waals surface area (Å²) in [5, 5.41) is 8.22. The third-order valence-electron chi connectivity index (χ3n) is 4.55. The normalized spacial score (nSPS) is 13.0. The molecule has 1 aliphatic carbocycles. The van der Waals surface area contributed by atoms with Gasteiger partial charge in [-0.3, -0.25) is 9.59 Å². The molecule has 2 amide bonds. The Bertz CT molecular complexity index is 1060. The van der Waals surface area contributed by atoms with Crippen LogP contribution < -0.4 is 15.4 Å². The molecule has 0 saturated heterocycles. The van der Waals surface area contributed by atoms with Gasteiger partial charge in [0.25, 0.3) is 0 Å². The number of hydrogen-bond acceptors (Lipinski definition) is 6. The number of anilines is 2. The SMILES string of the molecule is COc1ccccc1-c1csc(NC(=O)CSc2cccc(NC(=O)C3CC3)c2)n1. The van der Waals surface area contributed by atoms with Gasteiger partial charge in [-0.2, -0.15) is 0 Å². The zero-order chi connectivity index (χ0) is 20.9. The number of amides is 2. The number of thiazole rings is 1. The molecule has 154 valence electrons. The second-order valence-electron chi connectivity index (χ2n) is 6.87. The monoisotopic (exact) mass is 439 g/mol. The van der Waals surface area contributed by atoms with Crippen molar-refractivity contribution in [2.24, 2.45) is 5.92 Å². The largest absolute Gasteiger partial charge is 0.496 e. The van der Waals surface area contributed by atoms with Crippen molar-refractivity contribution < 1.29 is 14.3 Å². The predicted molar refractivity (Wildman–Crippen MR) is 121 cm³/mol. The first-order valence-electron chi connectivity index (χ1n) is 9.55. The highest BCUT2D eigenvalue weighted by atomic mass is 32.2. The number of thioether (sulfide) groups is 1. The van der Waals surface area contributed by atoms with Gasteiger partial charge in [-0.25, -0.2) is 4.98 Å². The van der Waals surface area contributed by atoms with Gasteiger partial charge in [-0.05, 0) is 43.2 Å². The Morgan fingerprint density at radius 3 is 2.80 bits per heavy atom. The van der Waals surface area contributed by atoms with Crippen molar-refractivity contribution in [2.75, 3.05) is 23.5 Å². The molecule has 0 aliphatic heterocycles. The van der Waals surface area contributed by atoms with Crippen molar-refractivity contribution in [1.29, 1.82) is 0 Å². The van der Waals surface area contributed by atoms with Gasteiger partial charge in [0.05, 0.1) is 18.6 Å². The lowest BCUT2D eigenvalue weighted by Crippen LogP contribution is -2.14. The molecule has 2 aromatic carbocycles. The van der Waals surface area contributed by atoms with E-state index in [0.29, 0.717) is 5.13 Å². The fourth-order valence-corrected chi connectivity index (χ4v) is 4.35. The summed E-state index contributed by atoms with van der Waals surface area (Å²) >= 11 is 2.79. The van der Waals surface area contributed by atoms with Crippen LogP contribution in [0.15, 0.2) is 58.8 Å². The van der Waals surface area contributed by atoms with Crippen molar-refractivity contribution in [1.82, 2.24) is 4.98 Å². The molecule has 1 aliphatic rings. The first-order valence-corrected chi connectivity index (χ1v) is 11.4. The molecule has 0 radical (unpaired) electrons. The zero-order valence-corrected chi connectivity index (χ0v) is 18.0. The Hall–Kier alpha value is -2.84. The average molecular weight is 440 g/mol. The number of carbonyl (C=O) groups is 2. The maximum atomic E-state index is 12.4. The summed E-state index contributed by atoms with van der Waals surface area (Å²) in [6.07, 6.45) is 1.94. The Balaban J connectivity index is 1.32. The topological polar surface area (TPSA) is 80.3 Å². The molecular formula is C22H21N3O3S2. The molecule has 0 spiro atoms. The van der Waals surface area contributed by atoms with Crippen molar-refractivity contribution in [3.63, 3.8) is 0 Å². The van der Waals surface area contributed by atoms with E-state index in [2.05, 4.69) is 15.6 Å². The van der Waals surface area contributed by atoms with Crippen molar-refractivity contribution in [2.45, 2.75) is 17.7 Å². The van der Waals surface area contributed by atoms with E-state index in [1.165, 1.54) is 23.1 Å². The van der Waals surface area contributed by atoms with Gasteiger partial charge in [0.2, 0.25) is 11.8 Å². The van der Waals surface area contributed by atoms with Crippen molar-refractivity contribution >= 4 is 45.7 Å². The van der Waals surface area contributed by atoms with E-state index in [1.54, 1.807) is 7.11 Å². The van der Waals surface area contributed by atoms with Crippen LogP contribution >= 0.6 is 23.1 Å². The summed E-state index contributed by atoms with van der Waals surface area (Å²) in [7, 11) is 1.62. The summed E-state index contributed by atoms with van der Waals surface area (Å²) in [5.74, 6) is 1.10. The summed E-state index contributed by atoms with van der Waals surface area (Å²) in [6, 6.07) is 15.2. The van der Waals surface area contributed by atoms with Gasteiger partial charge in [0.15, 0.2) is 5.13 Å². The third-order valence-corrected chi connectivity index (χ3v) is 6.30. The summed E-state index contributed by atoms with van der Waals surface area (Å²) in [5.41, 5.74) is 2.41. The maximum Gasteiger partial charge on any atom is 0.236 e. The lowest BCUT2D eigenvalue weighted by Gasteiger charge is -2.07. The number of hydrogen-bond donors (Lipinski definition) is 2. The maximum absolute atomic E-state index is 12.4. The van der Waals surface area contributed by atoms with Gasteiger partial charge in [0.1, 0.15) is 5.75 Å². The molecule has 8 heteroatoms. The highest BCUT2D eigenvalue weighted by Gasteiger charge is 2.29. The number of nitrogens with one attached hydrogen (secondary N) is 2. The Morgan fingerprint density at radius 1 is 1.17 bits per heavy atom. The number of nitrogens with zero attached hydrogens (tertiary/aromatic N) is 1. The summed E-state index contributed by atoms with van der Waals surface area (Å²) in [6.45, 7) is 0. The molecule has 1 saturated carbocycles. The number of para-hydroxylation sites is 1. The van der Waals surface area contributed by atoms with E-state index in [1.807, 2.05) is 53.9 Å². The molecule has 6 nitrogen and oxygen atoms in total. The van der Waals surface area contributed by atoms with Crippen LogP contribution in [-0.4, -0.2) is 29.7 Å². The Morgan fingerprint density at radius 2 is 2.00 bits per heavy atom. The van der Waals surface area contributed by atoms with Crippen LogP contribution in [0.4, 0.5) is 10.8 Å². The van der Waals surface area contributed by atoms with Crippen LogP contribution in [0.25, 0.3) is 11.3 Å². The smallest absolute Gasteiger partial charge is 0.236 e.